The van der Waals surface area contributed by atoms with Gasteiger partial charge in [-0.05, 0) is 122 Å². The van der Waals surface area contributed by atoms with Crippen LogP contribution in [0.1, 0.15) is 98.4 Å². The number of nitrogens with zero attached hydrogens (tertiary/aromatic N) is 2. The van der Waals surface area contributed by atoms with Crippen molar-refractivity contribution >= 4 is 56.3 Å². The average Bonchev–Trinajstić information content (AvgIpc) is 3.59. The standard InChI is InChI=1S/C34H38N4O4.Cr/c1-7-21-17(3)25-13-26-19(5)23(9-11-33(39)40)31(37-26)16-32-24(10-12-34(41)42)20(6)28(38-32)15-30-22(8-2)18(4)27(36-30)14-29(21)35-25;/h13-16,35-36H,7-12H2,1-6H3,(H,39,40)(H,41,42);. The van der Waals surface area contributed by atoms with Crippen molar-refractivity contribution in [3.05, 3.63) is 69.3 Å². The molecule has 0 spiro atoms. The zero-order valence-electron chi connectivity index (χ0n) is 25.6. The smallest absolute Gasteiger partial charge is 0.303 e. The van der Waals surface area contributed by atoms with E-state index in [0.29, 0.717) is 24.2 Å². The van der Waals surface area contributed by atoms with Crippen molar-refractivity contribution in [2.45, 2.75) is 80.1 Å². The van der Waals surface area contributed by atoms with E-state index in [0.717, 1.165) is 74.2 Å². The topological polar surface area (TPSA) is 132 Å². The Balaban J connectivity index is 0.00000423. The largest absolute Gasteiger partial charge is 0.481 e. The molecule has 5 rings (SSSR count). The minimum atomic E-state index is -0.869. The van der Waals surface area contributed by atoms with Gasteiger partial charge in [-0.2, -0.15) is 0 Å². The van der Waals surface area contributed by atoms with Gasteiger partial charge in [0.2, 0.25) is 0 Å². The second-order valence-electron chi connectivity index (χ2n) is 11.2. The van der Waals surface area contributed by atoms with Gasteiger partial charge in [0.1, 0.15) is 0 Å². The third kappa shape index (κ3) is 6.11. The molecular formula is C34H38CrN4O4. The van der Waals surface area contributed by atoms with Crippen LogP contribution < -0.4 is 0 Å². The van der Waals surface area contributed by atoms with Gasteiger partial charge in [0, 0.05) is 52.3 Å². The molecule has 4 N–H and O–H groups in total. The minimum Gasteiger partial charge on any atom is -0.481 e. The van der Waals surface area contributed by atoms with E-state index in [9.17, 15) is 19.8 Å². The molecule has 8 bridgehead atoms. The summed E-state index contributed by atoms with van der Waals surface area (Å²) in [6, 6.07) is 8.19. The van der Waals surface area contributed by atoms with Gasteiger partial charge in [-0.3, -0.25) is 9.59 Å². The van der Waals surface area contributed by atoms with Gasteiger partial charge < -0.3 is 20.2 Å². The fraction of sp³-hybridized carbons (Fsp3) is 0.353. The quantitative estimate of drug-likeness (QED) is 0.205. The molecule has 3 aromatic rings. The Labute approximate surface area is 262 Å². The molecule has 43 heavy (non-hydrogen) atoms. The second-order valence-corrected chi connectivity index (χ2v) is 11.2. The maximum atomic E-state index is 11.5. The maximum absolute atomic E-state index is 11.5. The third-order valence-corrected chi connectivity index (χ3v) is 8.69. The molecule has 2 aliphatic heterocycles. The number of aromatic nitrogens is 4. The second kappa shape index (κ2) is 12.7. The van der Waals surface area contributed by atoms with Crippen LogP contribution in [0.3, 0.4) is 0 Å². The number of carboxylic acids is 2. The van der Waals surface area contributed by atoms with Crippen molar-refractivity contribution in [3.63, 3.8) is 0 Å². The van der Waals surface area contributed by atoms with E-state index in [1.165, 1.54) is 16.7 Å². The van der Waals surface area contributed by atoms with Gasteiger partial charge in [-0.25, -0.2) is 9.97 Å². The van der Waals surface area contributed by atoms with E-state index >= 15 is 0 Å². The number of nitrogens with one attached hydrogen (secondary N) is 2. The molecule has 5 heterocycles. The maximum Gasteiger partial charge on any atom is 0.303 e. The summed E-state index contributed by atoms with van der Waals surface area (Å²) >= 11 is 0. The number of aromatic amines is 2. The number of hydrogen-bond donors (Lipinski definition) is 4. The van der Waals surface area contributed by atoms with Crippen LogP contribution in [0.5, 0.6) is 0 Å². The first-order valence-corrected chi connectivity index (χ1v) is 14.6. The minimum absolute atomic E-state index is 0. The van der Waals surface area contributed by atoms with E-state index in [1.54, 1.807) is 0 Å². The Kier molecular flexibility index (Phi) is 9.48. The molecule has 3 aromatic heterocycles. The van der Waals surface area contributed by atoms with Crippen LogP contribution in [-0.4, -0.2) is 42.1 Å². The summed E-state index contributed by atoms with van der Waals surface area (Å²) in [5.41, 5.74) is 15.4. The molecule has 0 unspecified atom stereocenters. The molecule has 0 fully saturated rings. The fourth-order valence-electron chi connectivity index (χ4n) is 6.22. The first-order valence-electron chi connectivity index (χ1n) is 14.6. The monoisotopic (exact) mass is 618 g/mol. The molecule has 0 aromatic carbocycles. The third-order valence-electron chi connectivity index (χ3n) is 8.69. The Morgan fingerprint density at radius 2 is 1.02 bits per heavy atom. The van der Waals surface area contributed by atoms with E-state index in [-0.39, 0.29) is 30.2 Å². The summed E-state index contributed by atoms with van der Waals surface area (Å²) < 4.78 is 0. The molecule has 0 aliphatic carbocycles. The number of aryl methyl sites for hydroxylation is 4. The van der Waals surface area contributed by atoms with Crippen molar-refractivity contribution in [2.24, 2.45) is 0 Å². The predicted molar refractivity (Wildman–Crippen MR) is 168 cm³/mol. The van der Waals surface area contributed by atoms with Gasteiger partial charge in [0.05, 0.1) is 22.8 Å². The van der Waals surface area contributed by atoms with Crippen LogP contribution in [0.2, 0.25) is 0 Å². The summed E-state index contributed by atoms with van der Waals surface area (Å²) in [6.07, 6.45) is 2.37. The zero-order valence-corrected chi connectivity index (χ0v) is 26.8. The Hall–Kier alpha value is -3.93. The van der Waals surface area contributed by atoms with Gasteiger partial charge in [0.15, 0.2) is 0 Å². The number of H-pyrrole nitrogens is 2. The molecule has 2 aliphatic rings. The summed E-state index contributed by atoms with van der Waals surface area (Å²) in [5.74, 6) is -1.74. The summed E-state index contributed by atoms with van der Waals surface area (Å²) in [4.78, 5) is 40.3. The van der Waals surface area contributed by atoms with Crippen molar-refractivity contribution in [1.82, 2.24) is 19.9 Å². The van der Waals surface area contributed by atoms with E-state index in [1.807, 2.05) is 26.0 Å². The number of carbonyl (C=O) groups is 2. The first kappa shape index (κ1) is 32.0. The number of rotatable bonds is 8. The van der Waals surface area contributed by atoms with Crippen molar-refractivity contribution in [2.75, 3.05) is 0 Å². The van der Waals surface area contributed by atoms with E-state index in [2.05, 4.69) is 49.8 Å². The van der Waals surface area contributed by atoms with E-state index < -0.39 is 11.9 Å². The summed E-state index contributed by atoms with van der Waals surface area (Å²) in [7, 11) is 0. The van der Waals surface area contributed by atoms with Crippen LogP contribution in [0.15, 0.2) is 24.3 Å². The molecule has 9 heteroatoms. The number of aliphatic carboxylic acids is 2. The molecule has 0 saturated carbocycles. The van der Waals surface area contributed by atoms with Gasteiger partial charge in [0.25, 0.3) is 0 Å². The fourth-order valence-corrected chi connectivity index (χ4v) is 6.22. The van der Waals surface area contributed by atoms with Crippen molar-refractivity contribution in [3.8, 4) is 0 Å². The number of fused-ring (bicyclic) bond motifs is 8. The zero-order chi connectivity index (χ0) is 30.3. The first-order chi connectivity index (χ1) is 20.0. The summed E-state index contributed by atoms with van der Waals surface area (Å²) in [5, 5.41) is 18.9. The average molecular weight is 619 g/mol. The Morgan fingerprint density at radius 3 is 1.44 bits per heavy atom. The van der Waals surface area contributed by atoms with Crippen LogP contribution in [0, 0.1) is 13.8 Å². The van der Waals surface area contributed by atoms with Gasteiger partial charge in [-0.15, -0.1) is 0 Å². The van der Waals surface area contributed by atoms with Crippen LogP contribution in [-0.2, 0) is 39.8 Å². The van der Waals surface area contributed by atoms with Gasteiger partial charge in [-0.1, -0.05) is 13.8 Å². The number of allylic oxidation sites excluding steroid dienone is 4. The molecule has 224 valence electrons. The Morgan fingerprint density at radius 1 is 0.628 bits per heavy atom. The van der Waals surface area contributed by atoms with Crippen molar-refractivity contribution < 1.29 is 37.2 Å². The van der Waals surface area contributed by atoms with Crippen LogP contribution >= 0.6 is 0 Å². The molecule has 0 atom stereocenters. The predicted octanol–water partition coefficient (Wildman–Crippen LogP) is 7.64. The Bertz CT molecular complexity index is 1860. The number of carboxylic acid groups (broad SMARTS) is 2. The van der Waals surface area contributed by atoms with Gasteiger partial charge >= 0.3 is 11.9 Å². The molecular weight excluding hydrogens is 580 g/mol. The molecule has 0 saturated heterocycles. The molecule has 8 nitrogen and oxygen atoms in total. The normalized spacial score (nSPS) is 13.0. The van der Waals surface area contributed by atoms with Crippen LogP contribution in [0.25, 0.3) is 44.4 Å². The number of hydrogen-bond acceptors (Lipinski definition) is 4. The summed E-state index contributed by atoms with van der Waals surface area (Å²) in [6.45, 7) is 12.5. The molecule has 0 radical (unpaired) electrons. The SMILES string of the molecule is CCc1c(C)c2cc3[nH]c(cc4nc(cc5nc(cc1[nH]2)C(C)=C5CCC(=O)O)C(CCC(=O)O)=C4C)c(C)c3CC.[Cr]. The van der Waals surface area contributed by atoms with E-state index in [4.69, 9.17) is 9.97 Å². The van der Waals surface area contributed by atoms with Crippen LogP contribution in [0.4, 0.5) is 0 Å². The molecule has 0 amide bonds. The van der Waals surface area contributed by atoms with Crippen molar-refractivity contribution in [1.29, 1.82) is 0 Å².